The highest BCUT2D eigenvalue weighted by atomic mass is 32.2. The number of nitrogens with one attached hydrogen (secondary N) is 2. The Kier molecular flexibility index (Phi) is 3.88. The number of hydrogen-bond acceptors (Lipinski definition) is 3. The van der Waals surface area contributed by atoms with Gasteiger partial charge in [-0.25, -0.2) is 0 Å². The molecule has 1 heterocycles. The fourth-order valence-electron chi connectivity index (χ4n) is 0.902. The van der Waals surface area contributed by atoms with Gasteiger partial charge in [-0.05, 0) is 5.25 Å². The lowest BCUT2D eigenvalue weighted by Gasteiger charge is -2.27. The Hall–Kier alpha value is -0.220. The van der Waals surface area contributed by atoms with Gasteiger partial charge in [0, 0.05) is 13.1 Å². The van der Waals surface area contributed by atoms with E-state index in [-0.39, 0.29) is 5.91 Å². The van der Waals surface area contributed by atoms with Gasteiger partial charge >= 0.3 is 0 Å². The largest absolute Gasteiger partial charge is 0.350 e. The molecule has 0 aromatic heterocycles. The van der Waals surface area contributed by atoms with E-state index in [1.54, 1.807) is 11.8 Å². The minimum atomic E-state index is 0.167. The summed E-state index contributed by atoms with van der Waals surface area (Å²) in [5, 5.41) is 6.60. The summed E-state index contributed by atoms with van der Waals surface area (Å²) in [6.45, 7) is 6.06. The van der Waals surface area contributed by atoms with Crippen LogP contribution in [0.25, 0.3) is 0 Å². The van der Waals surface area contributed by atoms with Gasteiger partial charge in [-0.1, -0.05) is 13.8 Å². The molecule has 0 saturated carbocycles. The van der Waals surface area contributed by atoms with E-state index in [0.29, 0.717) is 17.0 Å². The molecule has 1 amide bonds. The van der Waals surface area contributed by atoms with Crippen molar-refractivity contribution in [1.82, 2.24) is 10.6 Å². The van der Waals surface area contributed by atoms with Crippen molar-refractivity contribution in [2.75, 3.05) is 18.8 Å². The Morgan fingerprint density at radius 1 is 1.67 bits per heavy atom. The molecule has 70 valence electrons. The summed E-state index contributed by atoms with van der Waals surface area (Å²) < 4.78 is 0. The first-order chi connectivity index (χ1) is 5.68. The Morgan fingerprint density at radius 3 is 2.75 bits per heavy atom. The SMILES string of the molecule is CC(C)SCC(=O)NC1CNC1. The predicted octanol–water partition coefficient (Wildman–Crippen LogP) is 0.216. The second-order valence-corrected chi connectivity index (χ2v) is 4.85. The Labute approximate surface area is 77.7 Å². The van der Waals surface area contributed by atoms with Gasteiger partial charge in [0.2, 0.25) is 5.91 Å². The van der Waals surface area contributed by atoms with Crippen LogP contribution in [-0.4, -0.2) is 36.0 Å². The highest BCUT2D eigenvalue weighted by Crippen LogP contribution is 2.07. The van der Waals surface area contributed by atoms with E-state index in [1.807, 2.05) is 0 Å². The number of hydrogen-bond donors (Lipinski definition) is 2. The van der Waals surface area contributed by atoms with E-state index in [0.717, 1.165) is 13.1 Å². The third-order valence-corrected chi connectivity index (χ3v) is 2.79. The van der Waals surface area contributed by atoms with Crippen LogP contribution in [0.5, 0.6) is 0 Å². The van der Waals surface area contributed by atoms with E-state index in [2.05, 4.69) is 24.5 Å². The highest BCUT2D eigenvalue weighted by Gasteiger charge is 2.18. The van der Waals surface area contributed by atoms with Crippen LogP contribution in [-0.2, 0) is 4.79 Å². The standard InChI is InChI=1S/C8H16N2OS/c1-6(2)12-5-8(11)10-7-3-9-4-7/h6-7,9H,3-5H2,1-2H3,(H,10,11). The summed E-state index contributed by atoms with van der Waals surface area (Å²) in [4.78, 5) is 11.2. The highest BCUT2D eigenvalue weighted by molar-refractivity contribution is 8.00. The molecule has 12 heavy (non-hydrogen) atoms. The van der Waals surface area contributed by atoms with E-state index in [4.69, 9.17) is 0 Å². The van der Waals surface area contributed by atoms with Gasteiger partial charge in [0.1, 0.15) is 0 Å². The van der Waals surface area contributed by atoms with E-state index in [9.17, 15) is 4.79 Å². The first-order valence-electron chi connectivity index (χ1n) is 4.30. The van der Waals surface area contributed by atoms with Crippen LogP contribution in [0.3, 0.4) is 0 Å². The summed E-state index contributed by atoms with van der Waals surface area (Å²) in [6.07, 6.45) is 0. The Bertz CT molecular complexity index is 157. The van der Waals surface area contributed by atoms with Gasteiger partial charge in [-0.15, -0.1) is 11.8 Å². The molecule has 4 heteroatoms. The number of rotatable bonds is 4. The lowest BCUT2D eigenvalue weighted by atomic mass is 10.2. The molecule has 0 aliphatic carbocycles. The molecule has 1 aliphatic rings. The average molecular weight is 188 g/mol. The van der Waals surface area contributed by atoms with E-state index in [1.165, 1.54) is 0 Å². The third kappa shape index (κ3) is 3.45. The monoisotopic (exact) mass is 188 g/mol. The fraction of sp³-hybridized carbons (Fsp3) is 0.875. The Morgan fingerprint density at radius 2 is 2.33 bits per heavy atom. The van der Waals surface area contributed by atoms with Crippen LogP contribution >= 0.6 is 11.8 Å². The van der Waals surface area contributed by atoms with Gasteiger partial charge in [-0.2, -0.15) is 0 Å². The molecule has 1 saturated heterocycles. The molecule has 2 N–H and O–H groups in total. The molecule has 0 bridgehead atoms. The van der Waals surface area contributed by atoms with Gasteiger partial charge in [0.25, 0.3) is 0 Å². The number of thioether (sulfide) groups is 1. The van der Waals surface area contributed by atoms with Crippen molar-refractivity contribution in [3.63, 3.8) is 0 Å². The maximum absolute atomic E-state index is 11.2. The average Bonchev–Trinajstić information content (AvgIpc) is 1.93. The van der Waals surface area contributed by atoms with Crippen molar-refractivity contribution in [2.24, 2.45) is 0 Å². The molecule has 0 radical (unpaired) electrons. The van der Waals surface area contributed by atoms with Crippen molar-refractivity contribution in [2.45, 2.75) is 25.1 Å². The van der Waals surface area contributed by atoms with Crippen LogP contribution < -0.4 is 10.6 Å². The quantitative estimate of drug-likeness (QED) is 0.663. The summed E-state index contributed by atoms with van der Waals surface area (Å²) in [7, 11) is 0. The Balaban J connectivity index is 2.03. The molecule has 1 aliphatic heterocycles. The van der Waals surface area contributed by atoms with Crippen LogP contribution in [0.4, 0.5) is 0 Å². The van der Waals surface area contributed by atoms with Crippen molar-refractivity contribution in [3.8, 4) is 0 Å². The molecule has 1 rings (SSSR count). The van der Waals surface area contributed by atoms with E-state index >= 15 is 0 Å². The summed E-state index contributed by atoms with van der Waals surface area (Å²) in [5.74, 6) is 0.758. The second-order valence-electron chi connectivity index (χ2n) is 3.28. The van der Waals surface area contributed by atoms with Crippen molar-refractivity contribution < 1.29 is 4.79 Å². The first kappa shape index (κ1) is 9.86. The van der Waals surface area contributed by atoms with Crippen LogP contribution in [0.1, 0.15) is 13.8 Å². The van der Waals surface area contributed by atoms with Crippen LogP contribution in [0, 0.1) is 0 Å². The van der Waals surface area contributed by atoms with Crippen molar-refractivity contribution in [3.05, 3.63) is 0 Å². The topological polar surface area (TPSA) is 41.1 Å². The molecule has 0 unspecified atom stereocenters. The summed E-state index contributed by atoms with van der Waals surface area (Å²) in [5.41, 5.74) is 0. The zero-order valence-electron chi connectivity index (χ0n) is 7.59. The molecule has 0 aromatic carbocycles. The minimum absolute atomic E-state index is 0.167. The normalized spacial score (nSPS) is 17.6. The van der Waals surface area contributed by atoms with Gasteiger partial charge in [0.15, 0.2) is 0 Å². The smallest absolute Gasteiger partial charge is 0.230 e. The summed E-state index contributed by atoms with van der Waals surface area (Å²) in [6, 6.07) is 0.380. The van der Waals surface area contributed by atoms with Crippen molar-refractivity contribution in [1.29, 1.82) is 0 Å². The zero-order chi connectivity index (χ0) is 8.97. The van der Waals surface area contributed by atoms with Gasteiger partial charge in [0.05, 0.1) is 11.8 Å². The lowest BCUT2D eigenvalue weighted by molar-refractivity contribution is -0.119. The van der Waals surface area contributed by atoms with Gasteiger partial charge in [-0.3, -0.25) is 4.79 Å². The maximum Gasteiger partial charge on any atom is 0.230 e. The second kappa shape index (κ2) is 4.72. The number of carbonyl (C=O) groups is 1. The molecule has 1 fully saturated rings. The van der Waals surface area contributed by atoms with E-state index < -0.39 is 0 Å². The van der Waals surface area contributed by atoms with Crippen LogP contribution in [0.2, 0.25) is 0 Å². The molecule has 3 nitrogen and oxygen atoms in total. The maximum atomic E-state index is 11.2. The minimum Gasteiger partial charge on any atom is -0.350 e. The lowest BCUT2D eigenvalue weighted by Crippen LogP contribution is -2.57. The molecule has 0 aromatic rings. The van der Waals surface area contributed by atoms with Crippen molar-refractivity contribution >= 4 is 17.7 Å². The number of carbonyl (C=O) groups excluding carboxylic acids is 1. The summed E-state index contributed by atoms with van der Waals surface area (Å²) >= 11 is 1.68. The van der Waals surface area contributed by atoms with Gasteiger partial charge < -0.3 is 10.6 Å². The number of amides is 1. The first-order valence-corrected chi connectivity index (χ1v) is 5.35. The zero-order valence-corrected chi connectivity index (χ0v) is 8.41. The fourth-order valence-corrected chi connectivity index (χ4v) is 1.47. The molecule has 0 atom stereocenters. The molecule has 0 spiro atoms. The van der Waals surface area contributed by atoms with Crippen LogP contribution in [0.15, 0.2) is 0 Å². The predicted molar refractivity (Wildman–Crippen MR) is 52.4 cm³/mol. The molecular weight excluding hydrogens is 172 g/mol. The third-order valence-electron chi connectivity index (χ3n) is 1.69. The molecular formula is C8H16N2OS.